The quantitative estimate of drug-likeness (QED) is 0.917. The van der Waals surface area contributed by atoms with E-state index in [-0.39, 0.29) is 5.92 Å². The number of hydrogen-bond donors (Lipinski definition) is 1. The highest BCUT2D eigenvalue weighted by atomic mass is 35.5. The Morgan fingerprint density at radius 1 is 1.39 bits per heavy atom. The first-order valence-electron chi connectivity index (χ1n) is 5.38. The van der Waals surface area contributed by atoms with Crippen LogP contribution in [0.5, 0.6) is 5.75 Å². The number of oxazole rings is 1. The summed E-state index contributed by atoms with van der Waals surface area (Å²) in [6.45, 7) is 0.704. The fourth-order valence-electron chi connectivity index (χ4n) is 1.45. The summed E-state index contributed by atoms with van der Waals surface area (Å²) >= 11 is 11.9. The lowest BCUT2D eigenvalue weighted by Crippen LogP contribution is -2.20. The molecule has 18 heavy (non-hydrogen) atoms. The van der Waals surface area contributed by atoms with Gasteiger partial charge in [0.1, 0.15) is 18.6 Å². The van der Waals surface area contributed by atoms with Crippen molar-refractivity contribution in [3.05, 3.63) is 46.6 Å². The Morgan fingerprint density at radius 3 is 2.89 bits per heavy atom. The van der Waals surface area contributed by atoms with E-state index in [9.17, 15) is 0 Å². The minimum absolute atomic E-state index is 0.116. The molecule has 2 rings (SSSR count). The van der Waals surface area contributed by atoms with E-state index in [0.717, 1.165) is 0 Å². The van der Waals surface area contributed by atoms with Crippen LogP contribution in [0.25, 0.3) is 0 Å². The number of nitrogens with zero attached hydrogens (tertiary/aromatic N) is 1. The van der Waals surface area contributed by atoms with Crippen molar-refractivity contribution in [2.75, 3.05) is 13.2 Å². The van der Waals surface area contributed by atoms with Crippen LogP contribution in [-0.4, -0.2) is 18.1 Å². The molecule has 96 valence electrons. The maximum atomic E-state index is 5.99. The van der Waals surface area contributed by atoms with Crippen molar-refractivity contribution >= 4 is 23.2 Å². The predicted molar refractivity (Wildman–Crippen MR) is 70.3 cm³/mol. The van der Waals surface area contributed by atoms with Crippen molar-refractivity contribution in [3.63, 3.8) is 0 Å². The van der Waals surface area contributed by atoms with Crippen LogP contribution in [0.4, 0.5) is 0 Å². The molecule has 1 heterocycles. The Bertz CT molecular complexity index is 503. The van der Waals surface area contributed by atoms with Crippen molar-refractivity contribution in [1.29, 1.82) is 0 Å². The molecule has 0 bridgehead atoms. The number of benzene rings is 1. The summed E-state index contributed by atoms with van der Waals surface area (Å²) in [6.07, 6.45) is 3.08. The van der Waals surface area contributed by atoms with Crippen LogP contribution in [0.1, 0.15) is 11.8 Å². The average Bonchev–Trinajstić information content (AvgIpc) is 2.88. The molecule has 6 heteroatoms. The lowest BCUT2D eigenvalue weighted by atomic mass is 10.1. The fourth-order valence-corrected chi connectivity index (χ4v) is 1.79. The van der Waals surface area contributed by atoms with Gasteiger partial charge in [-0.3, -0.25) is 0 Å². The molecule has 0 aliphatic heterocycles. The number of aromatic nitrogens is 1. The van der Waals surface area contributed by atoms with Gasteiger partial charge in [-0.15, -0.1) is 0 Å². The number of halogens is 2. The van der Waals surface area contributed by atoms with Crippen molar-refractivity contribution in [2.24, 2.45) is 5.73 Å². The van der Waals surface area contributed by atoms with Crippen molar-refractivity contribution in [2.45, 2.75) is 5.92 Å². The maximum Gasteiger partial charge on any atom is 0.201 e. The van der Waals surface area contributed by atoms with Crippen LogP contribution < -0.4 is 10.5 Å². The third kappa shape index (κ3) is 3.16. The Balaban J connectivity index is 2.04. The predicted octanol–water partition coefficient (Wildman–Crippen LogP) is 3.10. The van der Waals surface area contributed by atoms with Gasteiger partial charge in [-0.1, -0.05) is 23.2 Å². The molecule has 1 aromatic heterocycles. The molecule has 0 fully saturated rings. The molecule has 0 aliphatic rings. The summed E-state index contributed by atoms with van der Waals surface area (Å²) in [6, 6.07) is 5.04. The molecule has 0 saturated heterocycles. The van der Waals surface area contributed by atoms with Gasteiger partial charge in [-0.2, -0.15) is 0 Å². The first kappa shape index (κ1) is 13.2. The molecule has 1 unspecified atom stereocenters. The maximum absolute atomic E-state index is 5.99. The zero-order valence-electron chi connectivity index (χ0n) is 9.48. The van der Waals surface area contributed by atoms with Gasteiger partial charge in [0.05, 0.1) is 17.1 Å². The summed E-state index contributed by atoms with van der Waals surface area (Å²) in [5.41, 5.74) is 5.66. The highest BCUT2D eigenvalue weighted by Crippen LogP contribution is 2.28. The van der Waals surface area contributed by atoms with Gasteiger partial charge in [0.25, 0.3) is 0 Å². The Labute approximate surface area is 115 Å². The van der Waals surface area contributed by atoms with Crippen LogP contribution in [0.3, 0.4) is 0 Å². The third-order valence-corrected chi connectivity index (χ3v) is 2.97. The number of rotatable bonds is 5. The second-order valence-electron chi connectivity index (χ2n) is 3.69. The Hall–Kier alpha value is -1.23. The van der Waals surface area contributed by atoms with Crippen molar-refractivity contribution in [1.82, 2.24) is 4.98 Å². The van der Waals surface area contributed by atoms with Gasteiger partial charge in [0.2, 0.25) is 5.89 Å². The molecular formula is C12H12Cl2N2O2. The second kappa shape index (κ2) is 6.09. The monoisotopic (exact) mass is 286 g/mol. The van der Waals surface area contributed by atoms with Gasteiger partial charge in [-0.25, -0.2) is 4.98 Å². The van der Waals surface area contributed by atoms with Crippen molar-refractivity contribution in [3.8, 4) is 5.75 Å². The fraction of sp³-hybridized carbons (Fsp3) is 0.250. The molecule has 0 spiro atoms. The van der Waals surface area contributed by atoms with Gasteiger partial charge in [0, 0.05) is 17.6 Å². The van der Waals surface area contributed by atoms with E-state index >= 15 is 0 Å². The molecule has 0 radical (unpaired) electrons. The van der Waals surface area contributed by atoms with E-state index in [1.54, 1.807) is 24.4 Å². The highest BCUT2D eigenvalue weighted by molar-refractivity contribution is 6.34. The van der Waals surface area contributed by atoms with E-state index < -0.39 is 0 Å². The summed E-state index contributed by atoms with van der Waals surface area (Å²) in [7, 11) is 0. The van der Waals surface area contributed by atoms with Crippen molar-refractivity contribution < 1.29 is 9.15 Å². The standard InChI is InChI=1S/C12H12Cl2N2O2/c13-9-1-2-10(14)11(5-9)18-7-8(6-15)12-16-3-4-17-12/h1-5,8H,6-7,15H2. The summed E-state index contributed by atoms with van der Waals surface area (Å²) in [5.74, 6) is 0.958. The number of ether oxygens (including phenoxy) is 1. The first-order valence-corrected chi connectivity index (χ1v) is 6.13. The van der Waals surface area contributed by atoms with Gasteiger partial charge < -0.3 is 14.9 Å². The smallest absolute Gasteiger partial charge is 0.201 e. The van der Waals surface area contributed by atoms with Crippen LogP contribution in [0.2, 0.25) is 10.0 Å². The number of hydrogen-bond acceptors (Lipinski definition) is 4. The lowest BCUT2D eigenvalue weighted by molar-refractivity contribution is 0.268. The van der Waals surface area contributed by atoms with Crippen LogP contribution >= 0.6 is 23.2 Å². The molecule has 2 N–H and O–H groups in total. The SMILES string of the molecule is NCC(COc1cc(Cl)ccc1Cl)c1ncco1. The van der Waals surface area contributed by atoms with Gasteiger partial charge in [-0.05, 0) is 12.1 Å². The first-order chi connectivity index (χ1) is 8.70. The normalized spacial score (nSPS) is 12.4. The lowest BCUT2D eigenvalue weighted by Gasteiger charge is -2.13. The Kier molecular flexibility index (Phi) is 4.47. The van der Waals surface area contributed by atoms with Crippen LogP contribution in [0, 0.1) is 0 Å². The molecule has 0 aliphatic carbocycles. The minimum atomic E-state index is -0.116. The molecular weight excluding hydrogens is 275 g/mol. The third-order valence-electron chi connectivity index (χ3n) is 2.42. The average molecular weight is 287 g/mol. The zero-order chi connectivity index (χ0) is 13.0. The topological polar surface area (TPSA) is 61.3 Å². The van der Waals surface area contributed by atoms with E-state index in [1.807, 2.05) is 0 Å². The van der Waals surface area contributed by atoms with E-state index in [4.69, 9.17) is 38.1 Å². The highest BCUT2D eigenvalue weighted by Gasteiger charge is 2.16. The molecule has 0 amide bonds. The summed E-state index contributed by atoms with van der Waals surface area (Å²) in [4.78, 5) is 4.05. The molecule has 1 atom stereocenters. The van der Waals surface area contributed by atoms with Gasteiger partial charge >= 0.3 is 0 Å². The summed E-state index contributed by atoms with van der Waals surface area (Å²) in [5, 5.41) is 1.07. The molecule has 4 nitrogen and oxygen atoms in total. The van der Waals surface area contributed by atoms with Gasteiger partial charge in [0.15, 0.2) is 0 Å². The van der Waals surface area contributed by atoms with E-state index in [0.29, 0.717) is 34.8 Å². The van der Waals surface area contributed by atoms with Crippen LogP contribution in [0.15, 0.2) is 35.1 Å². The summed E-state index contributed by atoms with van der Waals surface area (Å²) < 4.78 is 10.8. The van der Waals surface area contributed by atoms with E-state index in [2.05, 4.69) is 4.98 Å². The zero-order valence-corrected chi connectivity index (χ0v) is 11.0. The second-order valence-corrected chi connectivity index (χ2v) is 4.53. The molecule has 1 aromatic carbocycles. The van der Waals surface area contributed by atoms with Crippen LogP contribution in [-0.2, 0) is 0 Å². The number of nitrogens with two attached hydrogens (primary N) is 1. The van der Waals surface area contributed by atoms with E-state index in [1.165, 1.54) is 6.26 Å². The molecule has 2 aromatic rings. The molecule has 0 saturated carbocycles. The minimum Gasteiger partial charge on any atom is -0.491 e. The Morgan fingerprint density at radius 2 is 2.22 bits per heavy atom. The largest absolute Gasteiger partial charge is 0.491 e.